The van der Waals surface area contributed by atoms with Gasteiger partial charge >= 0.3 is 0 Å². The van der Waals surface area contributed by atoms with Crippen molar-refractivity contribution < 1.29 is 4.79 Å². The van der Waals surface area contributed by atoms with Crippen LogP contribution in [0.15, 0.2) is 54.6 Å². The Morgan fingerprint density at radius 2 is 1.71 bits per heavy atom. The molecule has 0 bridgehead atoms. The van der Waals surface area contributed by atoms with Gasteiger partial charge < -0.3 is 15.1 Å². The summed E-state index contributed by atoms with van der Waals surface area (Å²) in [6.45, 7) is 9.47. The molecular weight excluding hydrogens is 408 g/mol. The van der Waals surface area contributed by atoms with Gasteiger partial charge in [-0.15, -0.1) is 12.4 Å². The second kappa shape index (κ2) is 10.6. The zero-order valence-corrected chi connectivity index (χ0v) is 19.1. The van der Waals surface area contributed by atoms with E-state index in [1.54, 1.807) is 0 Å². The van der Waals surface area contributed by atoms with E-state index < -0.39 is 0 Å². The first-order chi connectivity index (χ1) is 14.7. The number of piperazine rings is 1. The Morgan fingerprint density at radius 1 is 1.00 bits per heavy atom. The van der Waals surface area contributed by atoms with Crippen molar-refractivity contribution in [1.29, 1.82) is 0 Å². The monoisotopic (exact) mass is 438 g/mol. The lowest BCUT2D eigenvalue weighted by Crippen LogP contribution is -2.46. The van der Waals surface area contributed by atoms with Gasteiger partial charge in [-0.05, 0) is 36.6 Å². The highest BCUT2D eigenvalue weighted by Gasteiger charge is 2.19. The predicted molar refractivity (Wildman–Crippen MR) is 132 cm³/mol. The smallest absolute Gasteiger partial charge is 0.224 e. The zero-order chi connectivity index (χ0) is 20.9. The van der Waals surface area contributed by atoms with Crippen molar-refractivity contribution in [3.05, 3.63) is 54.6 Å². The second-order valence-corrected chi connectivity index (χ2v) is 7.85. The average molecular weight is 439 g/mol. The van der Waals surface area contributed by atoms with Gasteiger partial charge in [-0.2, -0.15) is 0 Å². The third-order valence-corrected chi connectivity index (χ3v) is 5.78. The molecule has 0 spiro atoms. The summed E-state index contributed by atoms with van der Waals surface area (Å²) in [7, 11) is 0. The molecule has 4 rings (SSSR count). The molecule has 2 aromatic carbocycles. The second-order valence-electron chi connectivity index (χ2n) is 7.85. The van der Waals surface area contributed by atoms with E-state index in [1.807, 2.05) is 31.2 Å². The topological polar surface area (TPSA) is 48.5 Å². The van der Waals surface area contributed by atoms with Crippen molar-refractivity contribution in [1.82, 2.24) is 9.88 Å². The number of carbonyl (C=O) groups excluding carboxylic acids is 1. The van der Waals surface area contributed by atoms with Gasteiger partial charge in [0, 0.05) is 49.2 Å². The maximum Gasteiger partial charge on any atom is 0.224 e. The van der Waals surface area contributed by atoms with E-state index in [-0.39, 0.29) is 18.3 Å². The van der Waals surface area contributed by atoms with Gasteiger partial charge in [-0.1, -0.05) is 50.2 Å². The Kier molecular flexibility index (Phi) is 7.88. The first-order valence-corrected chi connectivity index (χ1v) is 10.9. The molecule has 1 aliphatic rings. The van der Waals surface area contributed by atoms with E-state index in [0.717, 1.165) is 61.9 Å². The number of benzene rings is 2. The van der Waals surface area contributed by atoms with E-state index in [1.165, 1.54) is 10.8 Å². The number of aromatic nitrogens is 1. The molecule has 1 fully saturated rings. The molecule has 31 heavy (non-hydrogen) atoms. The van der Waals surface area contributed by atoms with Crippen LogP contribution in [0.2, 0.25) is 0 Å². The fourth-order valence-electron chi connectivity index (χ4n) is 4.02. The first kappa shape index (κ1) is 23.0. The maximum absolute atomic E-state index is 11.8. The van der Waals surface area contributed by atoms with Gasteiger partial charge in [0.25, 0.3) is 0 Å². The van der Waals surface area contributed by atoms with Gasteiger partial charge in [0.2, 0.25) is 5.91 Å². The molecule has 1 saturated heterocycles. The highest BCUT2D eigenvalue weighted by molar-refractivity contribution is 5.95. The van der Waals surface area contributed by atoms with Crippen molar-refractivity contribution >= 4 is 40.6 Å². The lowest BCUT2D eigenvalue weighted by Gasteiger charge is -2.35. The Morgan fingerprint density at radius 3 is 2.39 bits per heavy atom. The third-order valence-electron chi connectivity index (χ3n) is 5.78. The third kappa shape index (κ3) is 5.35. The highest BCUT2D eigenvalue weighted by Crippen LogP contribution is 2.31. The van der Waals surface area contributed by atoms with Crippen LogP contribution >= 0.6 is 12.4 Å². The van der Waals surface area contributed by atoms with E-state index >= 15 is 0 Å². The number of fused-ring (bicyclic) bond motifs is 1. The molecule has 1 aliphatic heterocycles. The largest absolute Gasteiger partial charge is 0.354 e. The number of amides is 1. The van der Waals surface area contributed by atoms with Crippen LogP contribution in [0.3, 0.4) is 0 Å². The molecule has 5 nitrogen and oxygen atoms in total. The van der Waals surface area contributed by atoms with Crippen molar-refractivity contribution in [2.75, 3.05) is 42.9 Å². The number of anilines is 2. The summed E-state index contributed by atoms with van der Waals surface area (Å²) in [6.07, 6.45) is 1.39. The summed E-state index contributed by atoms with van der Waals surface area (Å²) in [6, 6.07) is 18.6. The molecule has 0 radical (unpaired) electrons. The summed E-state index contributed by atoms with van der Waals surface area (Å²) >= 11 is 0. The van der Waals surface area contributed by atoms with Gasteiger partial charge in [0.05, 0.1) is 5.69 Å². The summed E-state index contributed by atoms with van der Waals surface area (Å²) < 4.78 is 0. The van der Waals surface area contributed by atoms with Crippen molar-refractivity contribution in [2.45, 2.75) is 26.7 Å². The average Bonchev–Trinajstić information content (AvgIpc) is 2.79. The van der Waals surface area contributed by atoms with Crippen LogP contribution < -0.4 is 10.2 Å². The van der Waals surface area contributed by atoms with Crippen LogP contribution in [-0.2, 0) is 4.79 Å². The molecule has 6 heteroatoms. The fraction of sp³-hybridized carbons (Fsp3) is 0.360. The minimum atomic E-state index is 0. The Bertz CT molecular complexity index is 1010. The molecule has 0 aliphatic carbocycles. The number of nitrogens with zero attached hydrogens (tertiary/aromatic N) is 3. The summed E-state index contributed by atoms with van der Waals surface area (Å²) in [5.41, 5.74) is 2.85. The quantitative estimate of drug-likeness (QED) is 0.574. The van der Waals surface area contributed by atoms with Crippen LogP contribution in [0.1, 0.15) is 26.7 Å². The number of carbonyl (C=O) groups is 1. The number of hydrogen-bond acceptors (Lipinski definition) is 4. The van der Waals surface area contributed by atoms with E-state index in [2.05, 4.69) is 52.4 Å². The van der Waals surface area contributed by atoms with Gasteiger partial charge in [0.15, 0.2) is 0 Å². The van der Waals surface area contributed by atoms with Crippen LogP contribution in [0.4, 0.5) is 11.5 Å². The number of pyridine rings is 1. The number of hydrogen-bond donors (Lipinski definition) is 1. The lowest BCUT2D eigenvalue weighted by atomic mass is 10.1. The van der Waals surface area contributed by atoms with Crippen molar-refractivity contribution in [3.63, 3.8) is 0 Å². The Hall–Kier alpha value is -2.63. The van der Waals surface area contributed by atoms with Gasteiger partial charge in [-0.3, -0.25) is 4.79 Å². The fourth-order valence-corrected chi connectivity index (χ4v) is 4.02. The molecule has 3 aromatic rings. The van der Waals surface area contributed by atoms with Crippen LogP contribution in [-0.4, -0.2) is 48.5 Å². The molecule has 2 heterocycles. The molecule has 0 atom stereocenters. The van der Waals surface area contributed by atoms with Gasteiger partial charge in [0.1, 0.15) is 5.82 Å². The van der Waals surface area contributed by atoms with Gasteiger partial charge in [-0.25, -0.2) is 4.98 Å². The first-order valence-electron chi connectivity index (χ1n) is 10.9. The van der Waals surface area contributed by atoms with E-state index in [4.69, 9.17) is 4.98 Å². The molecular formula is C25H31ClN4O. The zero-order valence-electron chi connectivity index (χ0n) is 18.3. The molecule has 164 valence electrons. The summed E-state index contributed by atoms with van der Waals surface area (Å²) in [5, 5.41) is 5.36. The Balaban J connectivity index is 0.00000272. The molecule has 0 saturated carbocycles. The summed E-state index contributed by atoms with van der Waals surface area (Å²) in [4.78, 5) is 21.8. The van der Waals surface area contributed by atoms with E-state index in [9.17, 15) is 4.79 Å². The van der Waals surface area contributed by atoms with E-state index in [0.29, 0.717) is 6.42 Å². The van der Waals surface area contributed by atoms with Crippen molar-refractivity contribution in [2.24, 2.45) is 0 Å². The highest BCUT2D eigenvalue weighted by atomic mass is 35.5. The number of likely N-dealkylation sites (N-methyl/N-ethyl adjacent to an activating group) is 1. The molecule has 0 unspecified atom stereocenters. The van der Waals surface area contributed by atoms with Crippen LogP contribution in [0, 0.1) is 0 Å². The molecule has 1 aromatic heterocycles. The number of halogens is 1. The summed E-state index contributed by atoms with van der Waals surface area (Å²) in [5.74, 6) is 1.13. The van der Waals surface area contributed by atoms with Crippen molar-refractivity contribution in [3.8, 4) is 11.3 Å². The lowest BCUT2D eigenvalue weighted by molar-refractivity contribution is -0.116. The molecule has 1 N–H and O–H groups in total. The standard InChI is InChI=1S/C25H30N4O.ClH/c1-3-7-24(30)26-21-12-10-19(11-13-21)23-18-20-8-5-6-9-22(20)25(27-23)29-16-14-28(4-2)15-17-29;/h5-6,8-13,18H,3-4,7,14-17H2,1-2H3,(H,26,30);1H. The van der Waals surface area contributed by atoms with Crippen LogP contribution in [0.25, 0.3) is 22.0 Å². The minimum Gasteiger partial charge on any atom is -0.354 e. The Labute approximate surface area is 190 Å². The SMILES string of the molecule is CCCC(=O)Nc1ccc(-c2cc3ccccc3c(N3CCN(CC)CC3)n2)cc1.Cl. The predicted octanol–water partition coefficient (Wildman–Crippen LogP) is 5.20. The van der Waals surface area contributed by atoms with Crippen LogP contribution in [0.5, 0.6) is 0 Å². The molecule has 1 amide bonds. The maximum atomic E-state index is 11.8. The normalized spacial score (nSPS) is 14.3. The minimum absolute atomic E-state index is 0. The number of nitrogens with one attached hydrogen (secondary N) is 1. The number of rotatable bonds is 6.